The fraction of sp³-hybridized carbons (Fsp3) is 0.429. The van der Waals surface area contributed by atoms with Crippen LogP contribution in [0.5, 0.6) is 17.2 Å². The van der Waals surface area contributed by atoms with Crippen molar-refractivity contribution in [2.24, 2.45) is 0 Å². The van der Waals surface area contributed by atoms with Gasteiger partial charge < -0.3 is 24.8 Å². The molecule has 5 nitrogen and oxygen atoms in total. The summed E-state index contributed by atoms with van der Waals surface area (Å²) in [5, 5.41) is 6.92. The van der Waals surface area contributed by atoms with Gasteiger partial charge in [-0.05, 0) is 55.3 Å². The molecule has 0 unspecified atom stereocenters. The van der Waals surface area contributed by atoms with Gasteiger partial charge in [0.1, 0.15) is 5.75 Å². The molecule has 0 atom stereocenters. The smallest absolute Gasteiger partial charge is 0.160 e. The van der Waals surface area contributed by atoms with Crippen LogP contribution in [0.2, 0.25) is 0 Å². The molecule has 0 amide bonds. The summed E-state index contributed by atoms with van der Waals surface area (Å²) in [6.45, 7) is 3.77. The van der Waals surface area contributed by atoms with E-state index in [2.05, 4.69) is 22.8 Å². The second kappa shape index (κ2) is 11.4. The van der Waals surface area contributed by atoms with Crippen LogP contribution in [0.25, 0.3) is 0 Å². The van der Waals surface area contributed by atoms with Crippen molar-refractivity contribution in [3.8, 4) is 17.2 Å². The third-order valence-corrected chi connectivity index (χ3v) is 4.28. The number of methoxy groups -OCH3 is 3. The predicted molar refractivity (Wildman–Crippen MR) is 106 cm³/mol. The van der Waals surface area contributed by atoms with Gasteiger partial charge in [0, 0.05) is 13.1 Å². The molecule has 26 heavy (non-hydrogen) atoms. The average Bonchev–Trinajstić information content (AvgIpc) is 2.70. The lowest BCUT2D eigenvalue weighted by atomic mass is 10.1. The first kappa shape index (κ1) is 20.1. The molecule has 5 heteroatoms. The predicted octanol–water partition coefficient (Wildman–Crippen LogP) is 2.68. The Labute approximate surface area is 156 Å². The molecule has 0 aliphatic rings. The Morgan fingerprint density at radius 3 is 2.00 bits per heavy atom. The van der Waals surface area contributed by atoms with Crippen LogP contribution in [-0.2, 0) is 12.8 Å². The minimum Gasteiger partial charge on any atom is -0.496 e. The second-order valence-corrected chi connectivity index (χ2v) is 6.00. The minimum atomic E-state index is 0.767. The van der Waals surface area contributed by atoms with Gasteiger partial charge in [-0.1, -0.05) is 24.3 Å². The normalized spacial score (nSPS) is 10.6. The molecule has 0 fully saturated rings. The van der Waals surface area contributed by atoms with Crippen LogP contribution < -0.4 is 24.8 Å². The van der Waals surface area contributed by atoms with E-state index in [-0.39, 0.29) is 0 Å². The number of nitrogens with one attached hydrogen (secondary N) is 2. The zero-order valence-electron chi connectivity index (χ0n) is 16.0. The first-order chi connectivity index (χ1) is 12.8. The Morgan fingerprint density at radius 1 is 0.654 bits per heavy atom. The lowest BCUT2D eigenvalue weighted by Gasteiger charge is -2.11. The molecule has 0 saturated heterocycles. The van der Waals surface area contributed by atoms with Gasteiger partial charge in [0.15, 0.2) is 11.5 Å². The van der Waals surface area contributed by atoms with Crippen LogP contribution in [0.15, 0.2) is 42.5 Å². The summed E-state index contributed by atoms with van der Waals surface area (Å²) >= 11 is 0. The number of ether oxygens (including phenoxy) is 3. The van der Waals surface area contributed by atoms with Crippen LogP contribution in [-0.4, -0.2) is 47.5 Å². The van der Waals surface area contributed by atoms with Crippen LogP contribution in [0.3, 0.4) is 0 Å². The molecule has 0 saturated carbocycles. The Kier molecular flexibility index (Phi) is 8.79. The maximum atomic E-state index is 5.37. The van der Waals surface area contributed by atoms with Crippen molar-refractivity contribution in [3.63, 3.8) is 0 Å². The second-order valence-electron chi connectivity index (χ2n) is 6.00. The topological polar surface area (TPSA) is 51.8 Å². The summed E-state index contributed by atoms with van der Waals surface area (Å²) in [7, 11) is 5.03. The fourth-order valence-corrected chi connectivity index (χ4v) is 2.83. The number of hydrogen-bond donors (Lipinski definition) is 2. The maximum absolute atomic E-state index is 5.37. The summed E-state index contributed by atoms with van der Waals surface area (Å²) in [6, 6.07) is 14.2. The van der Waals surface area contributed by atoms with Gasteiger partial charge in [0.05, 0.1) is 21.3 Å². The Hall–Kier alpha value is -2.24. The third-order valence-electron chi connectivity index (χ3n) is 4.28. The number of hydrogen-bond acceptors (Lipinski definition) is 5. The van der Waals surface area contributed by atoms with Crippen molar-refractivity contribution in [1.82, 2.24) is 10.6 Å². The van der Waals surface area contributed by atoms with Crippen molar-refractivity contribution in [3.05, 3.63) is 53.6 Å². The first-order valence-corrected chi connectivity index (χ1v) is 9.02. The quantitative estimate of drug-likeness (QED) is 0.572. The number of para-hydroxylation sites is 1. The first-order valence-electron chi connectivity index (χ1n) is 9.02. The molecule has 142 valence electrons. The molecule has 2 rings (SSSR count). The van der Waals surface area contributed by atoms with Gasteiger partial charge in [-0.25, -0.2) is 0 Å². The standard InChI is InChI=1S/C21H30N2O3/c1-24-19-7-5-4-6-18(19)11-13-23-15-14-22-12-10-17-8-9-20(25-2)21(16-17)26-3/h4-9,16,22-23H,10-15H2,1-3H3. The molecular weight excluding hydrogens is 328 g/mol. The van der Waals surface area contributed by atoms with Crippen molar-refractivity contribution < 1.29 is 14.2 Å². The molecule has 0 heterocycles. The van der Waals surface area contributed by atoms with E-state index in [4.69, 9.17) is 14.2 Å². The van der Waals surface area contributed by atoms with Gasteiger partial charge in [-0.3, -0.25) is 0 Å². The number of benzene rings is 2. The highest BCUT2D eigenvalue weighted by Crippen LogP contribution is 2.27. The summed E-state index contributed by atoms with van der Waals surface area (Å²) in [4.78, 5) is 0. The average molecular weight is 358 g/mol. The highest BCUT2D eigenvalue weighted by Gasteiger charge is 2.04. The van der Waals surface area contributed by atoms with Gasteiger partial charge in [0.25, 0.3) is 0 Å². The Morgan fingerprint density at radius 2 is 1.31 bits per heavy atom. The van der Waals surface area contributed by atoms with E-state index < -0.39 is 0 Å². The summed E-state index contributed by atoms with van der Waals surface area (Å²) < 4.78 is 16.0. The zero-order valence-corrected chi connectivity index (χ0v) is 16.0. The highest BCUT2D eigenvalue weighted by atomic mass is 16.5. The van der Waals surface area contributed by atoms with Crippen LogP contribution in [0.1, 0.15) is 11.1 Å². The van der Waals surface area contributed by atoms with E-state index in [0.29, 0.717) is 0 Å². The zero-order chi connectivity index (χ0) is 18.6. The van der Waals surface area contributed by atoms with Crippen molar-refractivity contribution >= 4 is 0 Å². The molecule has 2 aromatic carbocycles. The summed E-state index contributed by atoms with van der Waals surface area (Å²) in [6.07, 6.45) is 1.93. The number of rotatable bonds is 12. The lowest BCUT2D eigenvalue weighted by Crippen LogP contribution is -2.29. The van der Waals surface area contributed by atoms with Crippen LogP contribution in [0.4, 0.5) is 0 Å². The van der Waals surface area contributed by atoms with Crippen LogP contribution in [0, 0.1) is 0 Å². The van der Waals surface area contributed by atoms with E-state index in [1.54, 1.807) is 21.3 Å². The van der Waals surface area contributed by atoms with Gasteiger partial charge in [0.2, 0.25) is 0 Å². The Bertz CT molecular complexity index is 661. The van der Waals surface area contributed by atoms with E-state index in [9.17, 15) is 0 Å². The van der Waals surface area contributed by atoms with E-state index >= 15 is 0 Å². The van der Waals surface area contributed by atoms with Crippen molar-refractivity contribution in [1.29, 1.82) is 0 Å². The SMILES string of the molecule is COc1ccccc1CCNCCNCCc1ccc(OC)c(OC)c1. The van der Waals surface area contributed by atoms with Crippen molar-refractivity contribution in [2.75, 3.05) is 47.5 Å². The van der Waals surface area contributed by atoms with E-state index in [1.807, 2.05) is 30.3 Å². The van der Waals surface area contributed by atoms with E-state index in [0.717, 1.165) is 56.3 Å². The fourth-order valence-electron chi connectivity index (χ4n) is 2.83. The molecule has 0 spiro atoms. The van der Waals surface area contributed by atoms with Crippen LogP contribution >= 0.6 is 0 Å². The van der Waals surface area contributed by atoms with E-state index in [1.165, 1.54) is 11.1 Å². The molecule has 2 N–H and O–H groups in total. The molecular formula is C21H30N2O3. The van der Waals surface area contributed by atoms with Gasteiger partial charge >= 0.3 is 0 Å². The molecule has 0 aromatic heterocycles. The lowest BCUT2D eigenvalue weighted by molar-refractivity contribution is 0.354. The largest absolute Gasteiger partial charge is 0.496 e. The summed E-state index contributed by atoms with van der Waals surface area (Å²) in [5.74, 6) is 2.51. The van der Waals surface area contributed by atoms with Gasteiger partial charge in [-0.2, -0.15) is 0 Å². The van der Waals surface area contributed by atoms with Crippen molar-refractivity contribution in [2.45, 2.75) is 12.8 Å². The molecule has 0 radical (unpaired) electrons. The Balaban J connectivity index is 1.58. The molecule has 2 aromatic rings. The maximum Gasteiger partial charge on any atom is 0.160 e. The molecule has 0 aliphatic heterocycles. The highest BCUT2D eigenvalue weighted by molar-refractivity contribution is 5.42. The molecule has 0 bridgehead atoms. The molecule has 0 aliphatic carbocycles. The third kappa shape index (κ3) is 6.24. The minimum absolute atomic E-state index is 0.767. The monoisotopic (exact) mass is 358 g/mol. The van der Waals surface area contributed by atoms with Gasteiger partial charge in [-0.15, -0.1) is 0 Å². The summed E-state index contributed by atoms with van der Waals surface area (Å²) in [5.41, 5.74) is 2.48.